The molecule has 0 saturated heterocycles. The van der Waals surface area contributed by atoms with Gasteiger partial charge in [-0.05, 0) is 67.3 Å². The molecule has 1 heterocycles. The normalized spacial score (nSPS) is 20.0. The van der Waals surface area contributed by atoms with Crippen molar-refractivity contribution in [1.82, 2.24) is 4.98 Å². The van der Waals surface area contributed by atoms with Crippen LogP contribution in [-0.4, -0.2) is 4.98 Å². The Bertz CT molecular complexity index is 765. The molecule has 0 radical (unpaired) electrons. The first-order chi connectivity index (χ1) is 12.2. The van der Waals surface area contributed by atoms with E-state index in [1.165, 1.54) is 44.1 Å². The van der Waals surface area contributed by atoms with E-state index in [1.54, 1.807) is 12.1 Å². The van der Waals surface area contributed by atoms with Gasteiger partial charge in [0.25, 0.3) is 0 Å². The minimum absolute atomic E-state index is 0.140. The fourth-order valence-corrected chi connectivity index (χ4v) is 3.81. The lowest BCUT2D eigenvalue weighted by Gasteiger charge is -2.28. The molecule has 3 rings (SSSR count). The maximum absolute atomic E-state index is 13.6. The summed E-state index contributed by atoms with van der Waals surface area (Å²) in [5.41, 5.74) is 2.56. The average Bonchev–Trinajstić information content (AvgIpc) is 2.62. The van der Waals surface area contributed by atoms with Crippen LogP contribution >= 0.6 is 11.6 Å². The number of hydrogen-bond acceptors (Lipinski definition) is 1. The maximum atomic E-state index is 13.6. The quantitative estimate of drug-likeness (QED) is 0.462. The van der Waals surface area contributed by atoms with Crippen molar-refractivity contribution in [1.29, 1.82) is 0 Å². The van der Waals surface area contributed by atoms with Gasteiger partial charge < -0.3 is 0 Å². The second-order valence-corrected chi connectivity index (χ2v) is 7.24. The number of benzene rings is 1. The van der Waals surface area contributed by atoms with Crippen molar-refractivity contribution in [3.63, 3.8) is 0 Å². The highest BCUT2D eigenvalue weighted by Gasteiger charge is 2.21. The van der Waals surface area contributed by atoms with Crippen molar-refractivity contribution in [2.75, 3.05) is 0 Å². The van der Waals surface area contributed by atoms with E-state index in [0.717, 1.165) is 11.5 Å². The smallest absolute Gasteiger partial charge is 0.207 e. The number of halogens is 2. The van der Waals surface area contributed by atoms with Crippen molar-refractivity contribution in [2.45, 2.75) is 51.4 Å². The molecule has 1 aromatic carbocycles. The van der Waals surface area contributed by atoms with Crippen LogP contribution in [0.5, 0.6) is 0 Å². The lowest BCUT2D eigenvalue weighted by molar-refractivity contribution is 0.308. The van der Waals surface area contributed by atoms with Gasteiger partial charge in [-0.3, -0.25) is 0 Å². The summed E-state index contributed by atoms with van der Waals surface area (Å²) in [6.45, 7) is 2.28. The molecular weight excluding hydrogens is 333 g/mol. The predicted molar refractivity (Wildman–Crippen MR) is 101 cm³/mol. The Kier molecular flexibility index (Phi) is 6.10. The molecule has 25 heavy (non-hydrogen) atoms. The van der Waals surface area contributed by atoms with Gasteiger partial charge in [-0.2, -0.15) is 4.39 Å². The van der Waals surface area contributed by atoms with E-state index in [2.05, 4.69) is 35.9 Å². The Morgan fingerprint density at radius 3 is 2.40 bits per heavy atom. The Balaban J connectivity index is 1.64. The van der Waals surface area contributed by atoms with E-state index in [4.69, 9.17) is 11.6 Å². The predicted octanol–water partition coefficient (Wildman–Crippen LogP) is 6.35. The van der Waals surface area contributed by atoms with Gasteiger partial charge >= 0.3 is 0 Å². The van der Waals surface area contributed by atoms with E-state index in [0.29, 0.717) is 5.92 Å². The molecule has 3 heteroatoms. The van der Waals surface area contributed by atoms with Crippen molar-refractivity contribution in [3.05, 3.63) is 64.2 Å². The van der Waals surface area contributed by atoms with E-state index < -0.39 is 5.95 Å². The van der Waals surface area contributed by atoms with Crippen LogP contribution in [0.25, 0.3) is 0 Å². The molecule has 1 saturated carbocycles. The zero-order valence-corrected chi connectivity index (χ0v) is 15.3. The summed E-state index contributed by atoms with van der Waals surface area (Å²) in [5, 5.41) is 0.140. The molecule has 0 bridgehead atoms. The monoisotopic (exact) mass is 355 g/mol. The van der Waals surface area contributed by atoms with Crippen LogP contribution in [0.4, 0.5) is 4.39 Å². The first-order valence-corrected chi connectivity index (χ1v) is 9.47. The molecule has 0 aliphatic heterocycles. The first kappa shape index (κ1) is 18.0. The molecule has 1 aromatic heterocycles. The van der Waals surface area contributed by atoms with Gasteiger partial charge in [-0.25, -0.2) is 4.98 Å². The van der Waals surface area contributed by atoms with Gasteiger partial charge in [0, 0.05) is 5.56 Å². The van der Waals surface area contributed by atoms with Crippen LogP contribution in [0.3, 0.4) is 0 Å². The van der Waals surface area contributed by atoms with Crippen molar-refractivity contribution in [3.8, 4) is 11.8 Å². The van der Waals surface area contributed by atoms with Gasteiger partial charge in [0.1, 0.15) is 5.15 Å². The highest BCUT2D eigenvalue weighted by Crippen LogP contribution is 2.37. The molecule has 0 unspecified atom stereocenters. The van der Waals surface area contributed by atoms with E-state index >= 15 is 0 Å². The molecule has 1 aliphatic rings. The number of nitrogens with zero attached hydrogens (tertiary/aromatic N) is 1. The molecule has 130 valence electrons. The lowest BCUT2D eigenvalue weighted by Crippen LogP contribution is -2.13. The largest absolute Gasteiger partial charge is 0.230 e. The Hall–Kier alpha value is -1.85. The van der Waals surface area contributed by atoms with E-state index in [1.807, 2.05) is 12.1 Å². The summed E-state index contributed by atoms with van der Waals surface area (Å²) in [6.07, 6.45) is 7.95. The summed E-state index contributed by atoms with van der Waals surface area (Å²) in [5.74, 6) is 6.81. The molecule has 1 fully saturated rings. The third-order valence-corrected chi connectivity index (χ3v) is 5.29. The van der Waals surface area contributed by atoms with Gasteiger partial charge in [0.05, 0.1) is 5.56 Å². The molecule has 0 amide bonds. The minimum atomic E-state index is -0.625. The van der Waals surface area contributed by atoms with Crippen LogP contribution in [0, 0.1) is 23.7 Å². The number of pyridine rings is 1. The SMILES string of the molecule is CCCC1CCC(c2ccc(C#Cc3ccc(Cl)nc3F)cc2)CC1. The third kappa shape index (κ3) is 4.83. The van der Waals surface area contributed by atoms with Crippen LogP contribution < -0.4 is 0 Å². The highest BCUT2D eigenvalue weighted by molar-refractivity contribution is 6.29. The molecular formula is C22H23ClFN. The van der Waals surface area contributed by atoms with Crippen LogP contribution in [0.1, 0.15) is 68.1 Å². The summed E-state index contributed by atoms with van der Waals surface area (Å²) < 4.78 is 13.6. The summed E-state index contributed by atoms with van der Waals surface area (Å²) in [7, 11) is 0. The van der Waals surface area contributed by atoms with Crippen LogP contribution in [-0.2, 0) is 0 Å². The second-order valence-electron chi connectivity index (χ2n) is 6.85. The van der Waals surface area contributed by atoms with Crippen molar-refractivity contribution < 1.29 is 4.39 Å². The number of aromatic nitrogens is 1. The molecule has 0 N–H and O–H groups in total. The Labute approximate surface area is 154 Å². The molecule has 0 spiro atoms. The zero-order chi connectivity index (χ0) is 17.6. The lowest BCUT2D eigenvalue weighted by atomic mass is 9.77. The average molecular weight is 356 g/mol. The van der Waals surface area contributed by atoms with Gasteiger partial charge in [-0.1, -0.05) is 55.3 Å². The number of rotatable bonds is 3. The zero-order valence-electron chi connectivity index (χ0n) is 14.6. The highest BCUT2D eigenvalue weighted by atomic mass is 35.5. The first-order valence-electron chi connectivity index (χ1n) is 9.09. The fourth-order valence-electron chi connectivity index (χ4n) is 3.68. The van der Waals surface area contributed by atoms with Crippen LogP contribution in [0.2, 0.25) is 5.15 Å². The van der Waals surface area contributed by atoms with E-state index in [9.17, 15) is 4.39 Å². The molecule has 2 aromatic rings. The molecule has 0 atom stereocenters. The topological polar surface area (TPSA) is 12.9 Å². The standard InChI is InChI=1S/C22H23ClFN/c1-2-3-16-4-9-18(10-5-16)19-11-6-17(7-12-19)8-13-20-14-15-21(23)25-22(20)24/h6-7,11-12,14-16,18H,2-5,9-10H2,1H3. The Morgan fingerprint density at radius 2 is 1.76 bits per heavy atom. The Morgan fingerprint density at radius 1 is 1.04 bits per heavy atom. The summed E-state index contributed by atoms with van der Waals surface area (Å²) in [6, 6.07) is 11.5. The van der Waals surface area contributed by atoms with Crippen LogP contribution in [0.15, 0.2) is 36.4 Å². The summed E-state index contributed by atoms with van der Waals surface area (Å²) in [4.78, 5) is 3.58. The molecule has 1 aliphatic carbocycles. The van der Waals surface area contributed by atoms with Gasteiger partial charge in [-0.15, -0.1) is 0 Å². The maximum Gasteiger partial charge on any atom is 0.230 e. The summed E-state index contributed by atoms with van der Waals surface area (Å²) >= 11 is 5.65. The second kappa shape index (κ2) is 8.50. The number of hydrogen-bond donors (Lipinski definition) is 0. The van der Waals surface area contributed by atoms with Crippen molar-refractivity contribution >= 4 is 11.6 Å². The minimum Gasteiger partial charge on any atom is -0.207 e. The van der Waals surface area contributed by atoms with Gasteiger partial charge in [0.2, 0.25) is 5.95 Å². The third-order valence-electron chi connectivity index (χ3n) is 5.08. The molecule has 1 nitrogen and oxygen atoms in total. The van der Waals surface area contributed by atoms with Crippen molar-refractivity contribution in [2.24, 2.45) is 5.92 Å². The van der Waals surface area contributed by atoms with E-state index in [-0.39, 0.29) is 10.7 Å². The van der Waals surface area contributed by atoms with Gasteiger partial charge in [0.15, 0.2) is 0 Å². The fraction of sp³-hybridized carbons (Fsp3) is 0.409.